The molecule has 114 valence electrons. The molecular formula is C20H24N2. The Kier molecular flexibility index (Phi) is 6.31. The Morgan fingerprint density at radius 2 is 1.50 bits per heavy atom. The van der Waals surface area contributed by atoms with Gasteiger partial charge in [-0.15, -0.1) is 0 Å². The van der Waals surface area contributed by atoms with Crippen molar-refractivity contribution in [3.63, 3.8) is 0 Å². The number of fused-ring (bicyclic) bond motifs is 1. The zero-order valence-electron chi connectivity index (χ0n) is 13.1. The standard InChI is InChI=1S/C10H9N.C10H15N/c11-10-6-5-8-3-1-2-4-9(8)7-10;1-2-3-9-11-10-7-5-4-6-8-10/h1-7H,11H2;4-8,11H,2-3,9H2,1H3. The van der Waals surface area contributed by atoms with Gasteiger partial charge in [0.05, 0.1) is 0 Å². The molecule has 3 aromatic carbocycles. The average Bonchev–Trinajstić information content (AvgIpc) is 2.57. The maximum Gasteiger partial charge on any atom is 0.0340 e. The van der Waals surface area contributed by atoms with Crippen molar-refractivity contribution in [3.8, 4) is 0 Å². The number of para-hydroxylation sites is 1. The molecule has 0 radical (unpaired) electrons. The number of rotatable bonds is 4. The first-order valence-corrected chi connectivity index (χ1v) is 7.83. The summed E-state index contributed by atoms with van der Waals surface area (Å²) in [5.41, 5.74) is 7.67. The molecule has 2 nitrogen and oxygen atoms in total. The molecule has 0 atom stereocenters. The van der Waals surface area contributed by atoms with E-state index in [1.165, 1.54) is 29.3 Å². The molecule has 0 aliphatic heterocycles. The first-order chi connectivity index (χ1) is 10.8. The lowest BCUT2D eigenvalue weighted by atomic mass is 10.1. The second kappa shape index (κ2) is 8.73. The molecule has 0 unspecified atom stereocenters. The van der Waals surface area contributed by atoms with Gasteiger partial charge in [-0.3, -0.25) is 0 Å². The van der Waals surface area contributed by atoms with E-state index in [0.717, 1.165) is 12.2 Å². The summed E-state index contributed by atoms with van der Waals surface area (Å²) in [6, 6.07) is 24.4. The smallest absolute Gasteiger partial charge is 0.0340 e. The molecular weight excluding hydrogens is 268 g/mol. The molecule has 2 heteroatoms. The largest absolute Gasteiger partial charge is 0.399 e. The summed E-state index contributed by atoms with van der Waals surface area (Å²) in [7, 11) is 0. The number of hydrogen-bond donors (Lipinski definition) is 2. The topological polar surface area (TPSA) is 38.0 Å². The van der Waals surface area contributed by atoms with Crippen molar-refractivity contribution in [1.82, 2.24) is 0 Å². The van der Waals surface area contributed by atoms with Crippen LogP contribution in [0.25, 0.3) is 10.8 Å². The molecule has 0 spiro atoms. The normalized spacial score (nSPS) is 9.86. The minimum atomic E-state index is 0.823. The van der Waals surface area contributed by atoms with Crippen molar-refractivity contribution in [2.24, 2.45) is 0 Å². The van der Waals surface area contributed by atoms with Crippen LogP contribution >= 0.6 is 0 Å². The van der Waals surface area contributed by atoms with E-state index in [-0.39, 0.29) is 0 Å². The van der Waals surface area contributed by atoms with Gasteiger partial charge in [-0.25, -0.2) is 0 Å². The van der Waals surface area contributed by atoms with Crippen LogP contribution in [0.2, 0.25) is 0 Å². The van der Waals surface area contributed by atoms with Crippen LogP contribution in [0.5, 0.6) is 0 Å². The maximum absolute atomic E-state index is 5.62. The van der Waals surface area contributed by atoms with Crippen molar-refractivity contribution < 1.29 is 0 Å². The van der Waals surface area contributed by atoms with Gasteiger partial charge in [0, 0.05) is 17.9 Å². The molecule has 0 aromatic heterocycles. The van der Waals surface area contributed by atoms with Crippen molar-refractivity contribution >= 4 is 22.1 Å². The van der Waals surface area contributed by atoms with Crippen molar-refractivity contribution in [2.75, 3.05) is 17.6 Å². The Bertz CT molecular complexity index is 677. The minimum absolute atomic E-state index is 0.823. The van der Waals surface area contributed by atoms with E-state index in [1.807, 2.05) is 48.5 Å². The third-order valence-corrected chi connectivity index (χ3v) is 3.41. The molecule has 0 saturated heterocycles. The summed E-state index contributed by atoms with van der Waals surface area (Å²) >= 11 is 0. The molecule has 22 heavy (non-hydrogen) atoms. The van der Waals surface area contributed by atoms with Crippen molar-refractivity contribution in [3.05, 3.63) is 72.8 Å². The molecule has 0 saturated carbocycles. The number of unbranched alkanes of at least 4 members (excludes halogenated alkanes) is 1. The highest BCUT2D eigenvalue weighted by Gasteiger charge is 1.90. The number of nitrogens with two attached hydrogens (primary N) is 1. The second-order valence-corrected chi connectivity index (χ2v) is 5.25. The van der Waals surface area contributed by atoms with Crippen LogP contribution in [0.1, 0.15) is 19.8 Å². The Balaban J connectivity index is 0.000000160. The van der Waals surface area contributed by atoms with E-state index in [4.69, 9.17) is 5.73 Å². The number of nitrogen functional groups attached to an aromatic ring is 1. The Morgan fingerprint density at radius 3 is 2.23 bits per heavy atom. The Morgan fingerprint density at radius 1 is 0.818 bits per heavy atom. The minimum Gasteiger partial charge on any atom is -0.399 e. The fraction of sp³-hybridized carbons (Fsp3) is 0.200. The highest BCUT2D eigenvalue weighted by molar-refractivity contribution is 5.85. The van der Waals surface area contributed by atoms with E-state index in [1.54, 1.807) is 0 Å². The molecule has 0 bridgehead atoms. The summed E-state index contributed by atoms with van der Waals surface area (Å²) in [5.74, 6) is 0. The lowest BCUT2D eigenvalue weighted by molar-refractivity contribution is 0.834. The van der Waals surface area contributed by atoms with E-state index < -0.39 is 0 Å². The van der Waals surface area contributed by atoms with Gasteiger partial charge < -0.3 is 11.1 Å². The molecule has 3 rings (SSSR count). The van der Waals surface area contributed by atoms with Crippen LogP contribution in [0, 0.1) is 0 Å². The van der Waals surface area contributed by atoms with Crippen LogP contribution in [0.15, 0.2) is 72.8 Å². The van der Waals surface area contributed by atoms with Crippen LogP contribution in [0.4, 0.5) is 11.4 Å². The summed E-state index contributed by atoms with van der Waals surface area (Å²) in [4.78, 5) is 0. The van der Waals surface area contributed by atoms with Gasteiger partial charge in [0.25, 0.3) is 0 Å². The highest BCUT2D eigenvalue weighted by Crippen LogP contribution is 2.16. The van der Waals surface area contributed by atoms with Gasteiger partial charge >= 0.3 is 0 Å². The van der Waals surface area contributed by atoms with Crippen molar-refractivity contribution in [1.29, 1.82) is 0 Å². The van der Waals surface area contributed by atoms with E-state index >= 15 is 0 Å². The quantitative estimate of drug-likeness (QED) is 0.504. The lowest BCUT2D eigenvalue weighted by Gasteiger charge is -2.03. The Labute approximate surface area is 133 Å². The summed E-state index contributed by atoms with van der Waals surface area (Å²) in [5, 5.41) is 5.78. The zero-order valence-corrected chi connectivity index (χ0v) is 13.1. The van der Waals surface area contributed by atoms with Crippen LogP contribution in [0.3, 0.4) is 0 Å². The highest BCUT2D eigenvalue weighted by atomic mass is 14.9. The fourth-order valence-corrected chi connectivity index (χ4v) is 2.17. The monoisotopic (exact) mass is 292 g/mol. The SMILES string of the molecule is CCCCNc1ccccc1.Nc1ccc2ccccc2c1. The van der Waals surface area contributed by atoms with Gasteiger partial charge in [-0.2, -0.15) is 0 Å². The van der Waals surface area contributed by atoms with Crippen LogP contribution < -0.4 is 11.1 Å². The van der Waals surface area contributed by atoms with Crippen LogP contribution in [-0.2, 0) is 0 Å². The van der Waals surface area contributed by atoms with E-state index in [2.05, 4.69) is 36.5 Å². The molecule has 0 amide bonds. The first kappa shape index (κ1) is 15.9. The van der Waals surface area contributed by atoms with Gasteiger partial charge in [0.15, 0.2) is 0 Å². The number of hydrogen-bond acceptors (Lipinski definition) is 2. The van der Waals surface area contributed by atoms with E-state index in [9.17, 15) is 0 Å². The predicted molar refractivity (Wildman–Crippen MR) is 98.2 cm³/mol. The maximum atomic E-state index is 5.62. The number of benzene rings is 3. The van der Waals surface area contributed by atoms with Gasteiger partial charge in [-0.05, 0) is 41.5 Å². The molecule has 0 fully saturated rings. The van der Waals surface area contributed by atoms with Gasteiger partial charge in [0.2, 0.25) is 0 Å². The third-order valence-electron chi connectivity index (χ3n) is 3.41. The summed E-state index contributed by atoms with van der Waals surface area (Å²) in [6.07, 6.45) is 2.49. The first-order valence-electron chi connectivity index (χ1n) is 7.83. The number of nitrogens with one attached hydrogen (secondary N) is 1. The molecule has 0 aliphatic carbocycles. The molecule has 3 N–H and O–H groups in total. The van der Waals surface area contributed by atoms with Gasteiger partial charge in [0.1, 0.15) is 0 Å². The second-order valence-electron chi connectivity index (χ2n) is 5.25. The third kappa shape index (κ3) is 5.13. The molecule has 0 aliphatic rings. The van der Waals surface area contributed by atoms with E-state index in [0.29, 0.717) is 0 Å². The Hall–Kier alpha value is -2.48. The zero-order chi connectivity index (χ0) is 15.6. The number of anilines is 2. The summed E-state index contributed by atoms with van der Waals surface area (Å²) in [6.45, 7) is 3.28. The molecule has 0 heterocycles. The van der Waals surface area contributed by atoms with Gasteiger partial charge in [-0.1, -0.05) is 61.9 Å². The predicted octanol–water partition coefficient (Wildman–Crippen LogP) is 5.32. The van der Waals surface area contributed by atoms with Crippen molar-refractivity contribution in [2.45, 2.75) is 19.8 Å². The molecule has 3 aromatic rings. The van der Waals surface area contributed by atoms with Crippen LogP contribution in [-0.4, -0.2) is 6.54 Å². The average molecular weight is 292 g/mol. The fourth-order valence-electron chi connectivity index (χ4n) is 2.17. The summed E-state index contributed by atoms with van der Waals surface area (Å²) < 4.78 is 0. The lowest BCUT2D eigenvalue weighted by Crippen LogP contribution is -1.99.